The Bertz CT molecular complexity index is 813. The first kappa shape index (κ1) is 15.9. The van der Waals surface area contributed by atoms with Crippen LogP contribution in [0.1, 0.15) is 43.8 Å². The fourth-order valence-electron chi connectivity index (χ4n) is 3.66. The number of aromatic nitrogens is 4. The van der Waals surface area contributed by atoms with Crippen molar-refractivity contribution in [2.24, 2.45) is 0 Å². The van der Waals surface area contributed by atoms with Gasteiger partial charge in [-0.2, -0.15) is 5.10 Å². The van der Waals surface area contributed by atoms with Crippen LogP contribution in [0, 0.1) is 0 Å². The summed E-state index contributed by atoms with van der Waals surface area (Å²) in [6.45, 7) is 3.67. The Morgan fingerprint density at radius 3 is 2.88 bits per heavy atom. The Morgan fingerprint density at radius 2 is 2.16 bits per heavy atom. The molecule has 25 heavy (non-hydrogen) atoms. The van der Waals surface area contributed by atoms with Crippen molar-refractivity contribution in [2.75, 3.05) is 13.1 Å². The normalized spacial score (nSPS) is 17.1. The third kappa shape index (κ3) is 3.29. The van der Waals surface area contributed by atoms with Gasteiger partial charge in [0.25, 0.3) is 0 Å². The van der Waals surface area contributed by atoms with Crippen LogP contribution in [0.25, 0.3) is 11.0 Å². The van der Waals surface area contributed by atoms with E-state index in [2.05, 4.69) is 27.2 Å². The largest absolute Gasteiger partial charge is 0.343 e. The number of carbonyl (C=O) groups excluding carboxylic acids is 1. The van der Waals surface area contributed by atoms with Gasteiger partial charge in [0.2, 0.25) is 5.91 Å². The molecule has 0 radical (unpaired) electrons. The van der Waals surface area contributed by atoms with Gasteiger partial charge in [0.1, 0.15) is 5.65 Å². The second-order valence-corrected chi connectivity index (χ2v) is 6.86. The van der Waals surface area contributed by atoms with Crippen molar-refractivity contribution in [1.82, 2.24) is 24.6 Å². The molecule has 6 nitrogen and oxygen atoms in total. The minimum absolute atomic E-state index is 0.0972. The van der Waals surface area contributed by atoms with Gasteiger partial charge >= 0.3 is 0 Å². The molecule has 1 amide bonds. The molecule has 1 N–H and O–H groups in total. The predicted octanol–water partition coefficient (Wildman–Crippen LogP) is 3.12. The van der Waals surface area contributed by atoms with Crippen LogP contribution in [0.15, 0.2) is 42.9 Å². The standard InChI is InChI=1S/C19H23N5O/c1-14(24-9-3-8-21-24)12-18(25)23-10-5-15(6-11-23)17-13-16-4-2-7-20-19(16)22-17/h2-4,7-9,13-15H,5-6,10-12H2,1H3,(H,20,22). The van der Waals surface area contributed by atoms with E-state index in [-0.39, 0.29) is 11.9 Å². The van der Waals surface area contributed by atoms with Crippen molar-refractivity contribution in [3.05, 3.63) is 48.5 Å². The fraction of sp³-hybridized carbons (Fsp3) is 0.421. The number of hydrogen-bond donors (Lipinski definition) is 1. The van der Waals surface area contributed by atoms with Crippen LogP contribution in [-0.2, 0) is 4.79 Å². The van der Waals surface area contributed by atoms with Crippen molar-refractivity contribution in [3.8, 4) is 0 Å². The van der Waals surface area contributed by atoms with Gasteiger partial charge in [0, 0.05) is 55.1 Å². The highest BCUT2D eigenvalue weighted by molar-refractivity contribution is 5.77. The van der Waals surface area contributed by atoms with Crippen molar-refractivity contribution in [2.45, 2.75) is 38.1 Å². The summed E-state index contributed by atoms with van der Waals surface area (Å²) in [4.78, 5) is 22.4. The van der Waals surface area contributed by atoms with Crippen molar-refractivity contribution in [3.63, 3.8) is 0 Å². The smallest absolute Gasteiger partial charge is 0.224 e. The van der Waals surface area contributed by atoms with Crippen LogP contribution in [0.2, 0.25) is 0 Å². The summed E-state index contributed by atoms with van der Waals surface area (Å²) < 4.78 is 1.85. The van der Waals surface area contributed by atoms with E-state index in [4.69, 9.17) is 0 Å². The number of amides is 1. The van der Waals surface area contributed by atoms with E-state index >= 15 is 0 Å². The fourth-order valence-corrected chi connectivity index (χ4v) is 3.66. The molecule has 130 valence electrons. The third-order valence-electron chi connectivity index (χ3n) is 5.15. The van der Waals surface area contributed by atoms with Crippen LogP contribution in [0.3, 0.4) is 0 Å². The van der Waals surface area contributed by atoms with Crippen molar-refractivity contribution in [1.29, 1.82) is 0 Å². The highest BCUT2D eigenvalue weighted by atomic mass is 16.2. The lowest BCUT2D eigenvalue weighted by Crippen LogP contribution is -2.38. The molecule has 0 aromatic carbocycles. The number of piperidine rings is 1. The average molecular weight is 337 g/mol. The first-order chi connectivity index (χ1) is 12.2. The zero-order valence-corrected chi connectivity index (χ0v) is 14.4. The SMILES string of the molecule is CC(CC(=O)N1CCC(c2cc3cccnc3[nH]2)CC1)n1cccn1. The molecule has 6 heteroatoms. The molecule has 0 bridgehead atoms. The second-order valence-electron chi connectivity index (χ2n) is 6.86. The maximum atomic E-state index is 12.6. The third-order valence-corrected chi connectivity index (χ3v) is 5.15. The minimum atomic E-state index is 0.0972. The summed E-state index contributed by atoms with van der Waals surface area (Å²) in [6, 6.07) is 8.23. The summed E-state index contributed by atoms with van der Waals surface area (Å²) in [6.07, 6.45) is 7.96. The summed E-state index contributed by atoms with van der Waals surface area (Å²) in [5, 5.41) is 5.38. The highest BCUT2D eigenvalue weighted by Crippen LogP contribution is 2.30. The summed E-state index contributed by atoms with van der Waals surface area (Å²) in [5.74, 6) is 0.696. The quantitative estimate of drug-likeness (QED) is 0.795. The summed E-state index contributed by atoms with van der Waals surface area (Å²) in [5.41, 5.74) is 2.19. The molecule has 1 fully saturated rings. The van der Waals surface area contributed by atoms with Gasteiger partial charge in [-0.3, -0.25) is 9.48 Å². The molecule has 0 aliphatic carbocycles. The number of hydrogen-bond acceptors (Lipinski definition) is 3. The Labute approximate surface area is 146 Å². The van der Waals surface area contributed by atoms with Gasteiger partial charge in [0.05, 0.1) is 6.04 Å². The van der Waals surface area contributed by atoms with Gasteiger partial charge in [-0.15, -0.1) is 0 Å². The molecule has 1 aliphatic rings. The van der Waals surface area contributed by atoms with Crippen LogP contribution in [-0.4, -0.2) is 43.6 Å². The van der Waals surface area contributed by atoms with E-state index in [1.807, 2.05) is 41.0 Å². The van der Waals surface area contributed by atoms with E-state index in [0.29, 0.717) is 12.3 Å². The lowest BCUT2D eigenvalue weighted by atomic mass is 9.93. The number of pyridine rings is 1. The lowest BCUT2D eigenvalue weighted by Gasteiger charge is -2.32. The van der Waals surface area contributed by atoms with E-state index < -0.39 is 0 Å². The molecule has 3 aromatic heterocycles. The van der Waals surface area contributed by atoms with E-state index in [1.54, 1.807) is 6.20 Å². The molecule has 0 saturated carbocycles. The number of fused-ring (bicyclic) bond motifs is 1. The second kappa shape index (κ2) is 6.70. The zero-order chi connectivity index (χ0) is 17.2. The van der Waals surface area contributed by atoms with Gasteiger partial charge < -0.3 is 9.88 Å². The average Bonchev–Trinajstić information content (AvgIpc) is 3.31. The Hall–Kier alpha value is -2.63. The molecule has 0 spiro atoms. The van der Waals surface area contributed by atoms with Crippen LogP contribution < -0.4 is 0 Å². The van der Waals surface area contributed by atoms with Gasteiger partial charge in [-0.25, -0.2) is 4.98 Å². The topological polar surface area (TPSA) is 66.8 Å². The van der Waals surface area contributed by atoms with Crippen molar-refractivity contribution >= 4 is 16.9 Å². The molecule has 4 heterocycles. The molecular weight excluding hydrogens is 314 g/mol. The highest BCUT2D eigenvalue weighted by Gasteiger charge is 2.26. The number of carbonyl (C=O) groups is 1. The first-order valence-electron chi connectivity index (χ1n) is 8.91. The Morgan fingerprint density at radius 1 is 1.32 bits per heavy atom. The maximum Gasteiger partial charge on any atom is 0.224 e. The van der Waals surface area contributed by atoms with E-state index in [1.165, 1.54) is 5.69 Å². The van der Waals surface area contributed by atoms with Crippen LogP contribution in [0.4, 0.5) is 0 Å². The lowest BCUT2D eigenvalue weighted by molar-refractivity contribution is -0.133. The molecule has 4 rings (SSSR count). The van der Waals surface area contributed by atoms with Crippen LogP contribution in [0.5, 0.6) is 0 Å². The molecular formula is C19H23N5O. The molecule has 3 aromatic rings. The number of nitrogens with zero attached hydrogens (tertiary/aromatic N) is 4. The minimum Gasteiger partial charge on any atom is -0.343 e. The monoisotopic (exact) mass is 337 g/mol. The van der Waals surface area contributed by atoms with E-state index in [9.17, 15) is 4.79 Å². The number of aromatic amines is 1. The van der Waals surface area contributed by atoms with Gasteiger partial charge in [0.15, 0.2) is 0 Å². The number of rotatable bonds is 4. The zero-order valence-electron chi connectivity index (χ0n) is 14.4. The first-order valence-corrected chi connectivity index (χ1v) is 8.91. The molecule has 1 atom stereocenters. The van der Waals surface area contributed by atoms with Gasteiger partial charge in [-0.05, 0) is 44.0 Å². The molecule has 1 saturated heterocycles. The molecule has 1 aliphatic heterocycles. The predicted molar refractivity (Wildman–Crippen MR) is 96.2 cm³/mol. The summed E-state index contributed by atoms with van der Waals surface area (Å²) in [7, 11) is 0. The maximum absolute atomic E-state index is 12.6. The Kier molecular flexibility index (Phi) is 4.26. The number of nitrogens with one attached hydrogen (secondary N) is 1. The van der Waals surface area contributed by atoms with Gasteiger partial charge in [-0.1, -0.05) is 0 Å². The van der Waals surface area contributed by atoms with Crippen LogP contribution >= 0.6 is 0 Å². The van der Waals surface area contributed by atoms with E-state index in [0.717, 1.165) is 37.0 Å². The molecule has 1 unspecified atom stereocenters. The van der Waals surface area contributed by atoms with Crippen molar-refractivity contribution < 1.29 is 4.79 Å². The number of H-pyrrole nitrogens is 1. The summed E-state index contributed by atoms with van der Waals surface area (Å²) >= 11 is 0. The number of likely N-dealkylation sites (tertiary alicyclic amines) is 1. The Balaban J connectivity index is 1.35.